The van der Waals surface area contributed by atoms with Gasteiger partial charge >= 0.3 is 0 Å². The van der Waals surface area contributed by atoms with Crippen LogP contribution in [0.15, 0.2) is 52.9 Å². The van der Waals surface area contributed by atoms with Crippen LogP contribution in [0.1, 0.15) is 41.7 Å². The van der Waals surface area contributed by atoms with Gasteiger partial charge in [0.25, 0.3) is 0 Å². The fourth-order valence-electron chi connectivity index (χ4n) is 3.60. The second-order valence-corrected chi connectivity index (χ2v) is 7.51. The molecule has 4 rings (SSSR count). The monoisotopic (exact) mass is 422 g/mol. The van der Waals surface area contributed by atoms with Gasteiger partial charge in [-0.1, -0.05) is 30.3 Å². The van der Waals surface area contributed by atoms with Gasteiger partial charge in [-0.2, -0.15) is 0 Å². The molecule has 8 heteroatoms. The van der Waals surface area contributed by atoms with Gasteiger partial charge in [0.15, 0.2) is 0 Å². The first-order valence-electron chi connectivity index (χ1n) is 10.3. The Kier molecular flexibility index (Phi) is 6.35. The van der Waals surface area contributed by atoms with Gasteiger partial charge in [0.2, 0.25) is 23.6 Å². The Hall–Kier alpha value is -3.55. The molecule has 3 aromatic rings. The average molecular weight is 422 g/mol. The van der Waals surface area contributed by atoms with E-state index in [4.69, 9.17) is 4.42 Å². The first kappa shape index (κ1) is 20.7. The molecule has 0 spiro atoms. The molecular formula is C23H23FN4O3. The van der Waals surface area contributed by atoms with Crippen molar-refractivity contribution in [3.05, 3.63) is 77.3 Å². The number of nitrogens with zero attached hydrogens (tertiary/aromatic N) is 2. The van der Waals surface area contributed by atoms with Crippen LogP contribution in [-0.4, -0.2) is 28.6 Å². The summed E-state index contributed by atoms with van der Waals surface area (Å²) < 4.78 is 19.1. The molecule has 1 atom stereocenters. The van der Waals surface area contributed by atoms with Gasteiger partial charge < -0.3 is 15.1 Å². The van der Waals surface area contributed by atoms with Crippen LogP contribution >= 0.6 is 0 Å². The smallest absolute Gasteiger partial charge is 0.233 e. The van der Waals surface area contributed by atoms with Crippen molar-refractivity contribution >= 4 is 17.5 Å². The highest BCUT2D eigenvalue weighted by atomic mass is 19.1. The summed E-state index contributed by atoms with van der Waals surface area (Å²) in [5.74, 6) is -0.528. The fraction of sp³-hybridized carbons (Fsp3) is 0.304. The van der Waals surface area contributed by atoms with Crippen LogP contribution in [0.5, 0.6) is 0 Å². The molecule has 0 fully saturated rings. The van der Waals surface area contributed by atoms with Gasteiger partial charge in [-0.15, -0.1) is 10.2 Å². The van der Waals surface area contributed by atoms with Crippen molar-refractivity contribution in [1.82, 2.24) is 15.5 Å². The highest BCUT2D eigenvalue weighted by Crippen LogP contribution is 2.32. The van der Waals surface area contributed by atoms with E-state index in [1.807, 2.05) is 18.2 Å². The third kappa shape index (κ3) is 5.33. The SMILES string of the molecule is O=C(CCc1nnc(CCCc2ccccc2)o1)NC[C@@H]1C(=O)Nc2ccc(F)cc21. The van der Waals surface area contributed by atoms with Crippen LogP contribution in [0.2, 0.25) is 0 Å². The number of rotatable bonds is 9. The maximum Gasteiger partial charge on any atom is 0.233 e. The second kappa shape index (κ2) is 9.51. The summed E-state index contributed by atoms with van der Waals surface area (Å²) >= 11 is 0. The maximum absolute atomic E-state index is 13.5. The number of hydrogen-bond acceptors (Lipinski definition) is 5. The largest absolute Gasteiger partial charge is 0.425 e. The molecule has 0 bridgehead atoms. The number of halogens is 1. The molecule has 2 amide bonds. The van der Waals surface area contributed by atoms with Gasteiger partial charge in [0.05, 0.1) is 5.92 Å². The topological polar surface area (TPSA) is 97.1 Å². The van der Waals surface area contributed by atoms with E-state index < -0.39 is 11.7 Å². The van der Waals surface area contributed by atoms with Crippen LogP contribution in [0.4, 0.5) is 10.1 Å². The van der Waals surface area contributed by atoms with E-state index in [0.717, 1.165) is 12.8 Å². The Labute approximate surface area is 179 Å². The van der Waals surface area contributed by atoms with Crippen LogP contribution < -0.4 is 10.6 Å². The van der Waals surface area contributed by atoms with Crippen molar-refractivity contribution in [2.24, 2.45) is 0 Å². The van der Waals surface area contributed by atoms with E-state index in [9.17, 15) is 14.0 Å². The third-order valence-corrected chi connectivity index (χ3v) is 5.24. The molecule has 0 aliphatic carbocycles. The molecule has 1 aromatic heterocycles. The van der Waals surface area contributed by atoms with Gasteiger partial charge in [0, 0.05) is 31.5 Å². The normalized spacial score (nSPS) is 14.9. The Bertz CT molecular complexity index is 1070. The minimum Gasteiger partial charge on any atom is -0.425 e. The van der Waals surface area contributed by atoms with E-state index in [0.29, 0.717) is 35.9 Å². The molecule has 0 radical (unpaired) electrons. The zero-order valence-corrected chi connectivity index (χ0v) is 16.9. The minimum atomic E-state index is -0.603. The number of carbonyl (C=O) groups is 2. The van der Waals surface area contributed by atoms with Crippen LogP contribution in [0.25, 0.3) is 0 Å². The Morgan fingerprint density at radius 2 is 1.84 bits per heavy atom. The van der Waals surface area contributed by atoms with Gasteiger partial charge in [-0.25, -0.2) is 4.39 Å². The highest BCUT2D eigenvalue weighted by Gasteiger charge is 2.31. The number of benzene rings is 2. The van der Waals surface area contributed by atoms with Crippen LogP contribution in [-0.2, 0) is 28.9 Å². The molecule has 0 unspecified atom stereocenters. The lowest BCUT2D eigenvalue weighted by Gasteiger charge is -2.10. The predicted octanol–water partition coefficient (Wildman–Crippen LogP) is 3.17. The van der Waals surface area contributed by atoms with E-state index in [1.165, 1.54) is 23.8 Å². The first-order chi connectivity index (χ1) is 15.1. The molecule has 31 heavy (non-hydrogen) atoms. The lowest BCUT2D eigenvalue weighted by Crippen LogP contribution is -2.31. The van der Waals surface area contributed by atoms with Crippen molar-refractivity contribution < 1.29 is 18.4 Å². The second-order valence-electron chi connectivity index (χ2n) is 7.51. The summed E-state index contributed by atoms with van der Waals surface area (Å²) in [7, 11) is 0. The number of fused-ring (bicyclic) bond motifs is 1. The van der Waals surface area contributed by atoms with Crippen LogP contribution in [0.3, 0.4) is 0 Å². The molecule has 1 aliphatic rings. The zero-order valence-electron chi connectivity index (χ0n) is 16.9. The number of aromatic nitrogens is 2. The highest BCUT2D eigenvalue weighted by molar-refractivity contribution is 6.03. The summed E-state index contributed by atoms with van der Waals surface area (Å²) in [5, 5.41) is 13.5. The third-order valence-electron chi connectivity index (χ3n) is 5.24. The number of anilines is 1. The summed E-state index contributed by atoms with van der Waals surface area (Å²) in [6, 6.07) is 14.3. The maximum atomic E-state index is 13.5. The van der Waals surface area contributed by atoms with E-state index in [1.54, 1.807) is 0 Å². The van der Waals surface area contributed by atoms with Crippen molar-refractivity contribution in [3.8, 4) is 0 Å². The Balaban J connectivity index is 1.20. The van der Waals surface area contributed by atoms with Crippen molar-refractivity contribution in [3.63, 3.8) is 0 Å². The molecule has 0 saturated heterocycles. The number of amides is 2. The molecular weight excluding hydrogens is 399 g/mol. The molecule has 2 heterocycles. The fourth-order valence-corrected chi connectivity index (χ4v) is 3.60. The summed E-state index contributed by atoms with van der Waals surface area (Å²) in [4.78, 5) is 24.3. The van der Waals surface area contributed by atoms with Gasteiger partial charge in [-0.3, -0.25) is 9.59 Å². The van der Waals surface area contributed by atoms with Gasteiger partial charge in [0.1, 0.15) is 5.82 Å². The van der Waals surface area contributed by atoms with E-state index in [2.05, 4.69) is 33.0 Å². The van der Waals surface area contributed by atoms with E-state index in [-0.39, 0.29) is 24.8 Å². The lowest BCUT2D eigenvalue weighted by molar-refractivity contribution is -0.121. The average Bonchev–Trinajstić information content (AvgIpc) is 3.35. The lowest BCUT2D eigenvalue weighted by atomic mass is 10.0. The molecule has 1 aliphatic heterocycles. The van der Waals surface area contributed by atoms with Crippen molar-refractivity contribution in [2.45, 2.75) is 38.0 Å². The summed E-state index contributed by atoms with van der Waals surface area (Å²) in [5.41, 5.74) is 2.40. The predicted molar refractivity (Wildman–Crippen MR) is 112 cm³/mol. The zero-order chi connectivity index (χ0) is 21.6. The summed E-state index contributed by atoms with van der Waals surface area (Å²) in [6.45, 7) is 0.107. The summed E-state index contributed by atoms with van der Waals surface area (Å²) in [6.07, 6.45) is 3.00. The molecule has 7 nitrogen and oxygen atoms in total. The Morgan fingerprint density at radius 1 is 1.06 bits per heavy atom. The number of aryl methyl sites for hydroxylation is 3. The molecule has 2 aromatic carbocycles. The molecule has 2 N–H and O–H groups in total. The molecule has 0 saturated carbocycles. The Morgan fingerprint density at radius 3 is 2.65 bits per heavy atom. The molecule has 160 valence electrons. The number of carbonyl (C=O) groups excluding carboxylic acids is 2. The van der Waals surface area contributed by atoms with Gasteiger partial charge in [-0.05, 0) is 42.2 Å². The minimum absolute atomic E-state index is 0.107. The van der Waals surface area contributed by atoms with E-state index >= 15 is 0 Å². The van der Waals surface area contributed by atoms with Crippen molar-refractivity contribution in [2.75, 3.05) is 11.9 Å². The standard InChI is InChI=1S/C23H23FN4O3/c24-16-9-10-19-17(13-16)18(23(30)26-19)14-25-20(29)11-12-22-28-27-21(31-22)8-4-7-15-5-2-1-3-6-15/h1-3,5-6,9-10,13,18H,4,7-8,11-12,14H2,(H,25,29)(H,26,30)/t18-/m0/s1. The number of nitrogens with one attached hydrogen (secondary N) is 2. The van der Waals surface area contributed by atoms with Crippen molar-refractivity contribution in [1.29, 1.82) is 0 Å². The number of hydrogen-bond donors (Lipinski definition) is 2. The van der Waals surface area contributed by atoms with Crippen LogP contribution in [0, 0.1) is 5.82 Å². The first-order valence-corrected chi connectivity index (χ1v) is 10.3. The quantitative estimate of drug-likeness (QED) is 0.552.